The zero-order valence-electron chi connectivity index (χ0n) is 27.1. The van der Waals surface area contributed by atoms with Gasteiger partial charge in [-0.05, 0) is 112 Å². The molecular formula is C43H40N2O. The molecule has 6 aromatic rings. The average molecular weight is 601 g/mol. The molecule has 3 nitrogen and oxygen atoms in total. The molecular weight excluding hydrogens is 560 g/mol. The highest BCUT2D eigenvalue weighted by atomic mass is 16.1. The van der Waals surface area contributed by atoms with Crippen molar-refractivity contribution in [3.8, 4) is 0 Å². The zero-order chi connectivity index (χ0) is 32.0. The number of nitrogens with zero attached hydrogens (tertiary/aromatic N) is 2. The molecule has 0 bridgehead atoms. The Labute approximate surface area is 273 Å². The van der Waals surface area contributed by atoms with Gasteiger partial charge in [-0.1, -0.05) is 95.1 Å². The minimum absolute atomic E-state index is 0.198. The number of ketones is 1. The fraction of sp³-hybridized carbons (Fsp3) is 0.140. The van der Waals surface area contributed by atoms with Crippen LogP contribution in [-0.2, 0) is 17.6 Å². The SMILES string of the molecule is Cc1ccc(N(c2ccc(C)cc2)c2ccc(CC(=O)Cc3ccc(N(c4ccc(C)cc4)c4ccc(C)cc4)cc3)cc2)cc1. The molecule has 0 atom stereocenters. The van der Waals surface area contributed by atoms with Crippen LogP contribution in [0.5, 0.6) is 0 Å². The summed E-state index contributed by atoms with van der Waals surface area (Å²) in [7, 11) is 0. The summed E-state index contributed by atoms with van der Waals surface area (Å²) in [6.07, 6.45) is 0.798. The summed E-state index contributed by atoms with van der Waals surface area (Å²) in [6, 6.07) is 51.1. The van der Waals surface area contributed by atoms with E-state index in [9.17, 15) is 4.79 Å². The number of carbonyl (C=O) groups is 1. The largest absolute Gasteiger partial charge is 0.311 e. The Morgan fingerprint density at radius 1 is 0.348 bits per heavy atom. The molecule has 228 valence electrons. The minimum atomic E-state index is 0.198. The molecule has 6 rings (SSSR count). The molecule has 0 saturated carbocycles. The zero-order valence-corrected chi connectivity index (χ0v) is 27.1. The van der Waals surface area contributed by atoms with E-state index in [-0.39, 0.29) is 5.78 Å². The third kappa shape index (κ3) is 7.27. The van der Waals surface area contributed by atoms with E-state index in [1.54, 1.807) is 0 Å². The number of hydrogen-bond donors (Lipinski definition) is 0. The number of aryl methyl sites for hydroxylation is 4. The molecule has 0 amide bonds. The molecule has 0 aromatic heterocycles. The number of rotatable bonds is 10. The van der Waals surface area contributed by atoms with Gasteiger partial charge >= 0.3 is 0 Å². The Balaban J connectivity index is 1.16. The van der Waals surface area contributed by atoms with Gasteiger partial charge in [0.15, 0.2) is 0 Å². The van der Waals surface area contributed by atoms with E-state index >= 15 is 0 Å². The molecule has 6 aromatic carbocycles. The predicted molar refractivity (Wildman–Crippen MR) is 194 cm³/mol. The summed E-state index contributed by atoms with van der Waals surface area (Å²) in [4.78, 5) is 17.7. The van der Waals surface area contributed by atoms with Crippen LogP contribution < -0.4 is 9.80 Å². The van der Waals surface area contributed by atoms with Crippen molar-refractivity contribution in [1.82, 2.24) is 0 Å². The Morgan fingerprint density at radius 2 is 0.543 bits per heavy atom. The van der Waals surface area contributed by atoms with Crippen LogP contribution in [0.4, 0.5) is 34.1 Å². The lowest BCUT2D eigenvalue weighted by atomic mass is 10.0. The summed E-state index contributed by atoms with van der Waals surface area (Å²) in [5.74, 6) is 0.198. The van der Waals surface area contributed by atoms with Gasteiger partial charge in [0.2, 0.25) is 0 Å². The Bertz CT molecular complexity index is 1650. The Morgan fingerprint density at radius 3 is 0.761 bits per heavy atom. The van der Waals surface area contributed by atoms with E-state index in [2.05, 4.69) is 183 Å². The molecule has 0 saturated heterocycles. The molecule has 0 aliphatic rings. The first-order valence-electron chi connectivity index (χ1n) is 15.9. The van der Waals surface area contributed by atoms with Crippen molar-refractivity contribution >= 4 is 39.9 Å². The van der Waals surface area contributed by atoms with Crippen molar-refractivity contribution in [2.24, 2.45) is 0 Å². The van der Waals surface area contributed by atoms with Gasteiger partial charge in [-0.3, -0.25) is 4.79 Å². The van der Waals surface area contributed by atoms with E-state index in [1.165, 1.54) is 22.3 Å². The van der Waals surface area contributed by atoms with Gasteiger partial charge in [-0.15, -0.1) is 0 Å². The molecule has 0 unspecified atom stereocenters. The van der Waals surface area contributed by atoms with Gasteiger partial charge in [-0.2, -0.15) is 0 Å². The van der Waals surface area contributed by atoms with E-state index in [0.29, 0.717) is 12.8 Å². The third-order valence-corrected chi connectivity index (χ3v) is 8.36. The predicted octanol–water partition coefficient (Wildman–Crippen LogP) is 11.2. The standard InChI is InChI=1S/C43H40N2O/c1-31-5-17-37(18-6-31)44(38-19-7-32(2)8-20-38)41-25-13-35(14-26-41)29-43(46)30-36-15-27-42(28-16-36)45(39-21-9-33(3)10-22-39)40-23-11-34(4)12-24-40/h5-28H,29-30H2,1-4H3. The lowest BCUT2D eigenvalue weighted by Gasteiger charge is -2.26. The second-order valence-electron chi connectivity index (χ2n) is 12.2. The average Bonchev–Trinajstić information content (AvgIpc) is 3.06. The lowest BCUT2D eigenvalue weighted by Crippen LogP contribution is -2.11. The summed E-state index contributed by atoms with van der Waals surface area (Å²) >= 11 is 0. The molecule has 0 radical (unpaired) electrons. The quantitative estimate of drug-likeness (QED) is 0.156. The highest BCUT2D eigenvalue weighted by Gasteiger charge is 2.15. The van der Waals surface area contributed by atoms with Gasteiger partial charge < -0.3 is 9.80 Å². The van der Waals surface area contributed by atoms with Crippen LogP contribution in [0, 0.1) is 27.7 Å². The van der Waals surface area contributed by atoms with Gasteiger partial charge in [0, 0.05) is 47.0 Å². The van der Waals surface area contributed by atoms with Crippen molar-refractivity contribution in [2.75, 3.05) is 9.80 Å². The maximum atomic E-state index is 13.2. The van der Waals surface area contributed by atoms with Gasteiger partial charge in [0.25, 0.3) is 0 Å². The molecule has 0 aliphatic carbocycles. The van der Waals surface area contributed by atoms with E-state index in [1.807, 2.05) is 0 Å². The summed E-state index contributed by atoms with van der Waals surface area (Å²) < 4.78 is 0. The normalized spacial score (nSPS) is 10.9. The second kappa shape index (κ2) is 13.7. The van der Waals surface area contributed by atoms with Crippen LogP contribution in [0.15, 0.2) is 146 Å². The monoisotopic (exact) mass is 600 g/mol. The van der Waals surface area contributed by atoms with Crippen LogP contribution in [0.2, 0.25) is 0 Å². The van der Waals surface area contributed by atoms with Crippen LogP contribution in [0.1, 0.15) is 33.4 Å². The molecule has 0 fully saturated rings. The highest BCUT2D eigenvalue weighted by Crippen LogP contribution is 2.36. The molecule has 0 aliphatic heterocycles. The molecule has 46 heavy (non-hydrogen) atoms. The first-order valence-corrected chi connectivity index (χ1v) is 15.9. The first-order chi connectivity index (χ1) is 22.3. The van der Waals surface area contributed by atoms with Gasteiger partial charge in [0.05, 0.1) is 0 Å². The summed E-state index contributed by atoms with van der Waals surface area (Å²) in [6.45, 7) is 8.41. The van der Waals surface area contributed by atoms with Gasteiger partial charge in [0.1, 0.15) is 5.78 Å². The second-order valence-corrected chi connectivity index (χ2v) is 12.2. The molecule has 0 spiro atoms. The highest BCUT2D eigenvalue weighted by molar-refractivity contribution is 5.84. The third-order valence-electron chi connectivity index (χ3n) is 8.36. The minimum Gasteiger partial charge on any atom is -0.311 e. The van der Waals surface area contributed by atoms with Crippen LogP contribution in [0.25, 0.3) is 0 Å². The number of carbonyl (C=O) groups excluding carboxylic acids is 1. The molecule has 0 N–H and O–H groups in total. The fourth-order valence-corrected chi connectivity index (χ4v) is 5.71. The van der Waals surface area contributed by atoms with Crippen LogP contribution in [-0.4, -0.2) is 5.78 Å². The van der Waals surface area contributed by atoms with Crippen LogP contribution >= 0.6 is 0 Å². The van der Waals surface area contributed by atoms with Crippen LogP contribution in [0.3, 0.4) is 0 Å². The molecule has 3 heteroatoms. The Hall–Kier alpha value is -5.41. The number of hydrogen-bond acceptors (Lipinski definition) is 3. The Kier molecular flexibility index (Phi) is 9.12. The van der Waals surface area contributed by atoms with Crippen molar-refractivity contribution in [2.45, 2.75) is 40.5 Å². The summed E-state index contributed by atoms with van der Waals surface area (Å²) in [5, 5.41) is 0. The van der Waals surface area contributed by atoms with Crippen molar-refractivity contribution in [1.29, 1.82) is 0 Å². The lowest BCUT2D eigenvalue weighted by molar-refractivity contribution is -0.117. The van der Waals surface area contributed by atoms with E-state index in [4.69, 9.17) is 0 Å². The van der Waals surface area contributed by atoms with E-state index < -0.39 is 0 Å². The maximum absolute atomic E-state index is 13.2. The van der Waals surface area contributed by atoms with E-state index in [0.717, 1.165) is 45.3 Å². The first kappa shape index (κ1) is 30.6. The van der Waals surface area contributed by atoms with Gasteiger partial charge in [-0.25, -0.2) is 0 Å². The number of benzene rings is 6. The number of anilines is 6. The topological polar surface area (TPSA) is 23.6 Å². The summed E-state index contributed by atoms with van der Waals surface area (Å²) in [5.41, 5.74) is 13.5. The smallest absolute Gasteiger partial charge is 0.141 e. The maximum Gasteiger partial charge on any atom is 0.141 e. The van der Waals surface area contributed by atoms with Crippen molar-refractivity contribution in [3.63, 3.8) is 0 Å². The fourth-order valence-electron chi connectivity index (χ4n) is 5.71. The number of Topliss-reactive ketones (excluding diaryl/α,β-unsaturated/α-hetero) is 1. The van der Waals surface area contributed by atoms with Crippen molar-refractivity contribution < 1.29 is 4.79 Å². The molecule has 0 heterocycles. The van der Waals surface area contributed by atoms with Crippen molar-refractivity contribution in [3.05, 3.63) is 179 Å².